The van der Waals surface area contributed by atoms with E-state index in [0.717, 1.165) is 12.0 Å². The maximum Gasteiger partial charge on any atom is 0.282 e. The molecule has 4 heteroatoms. The average molecular weight is 277 g/mol. The Balaban J connectivity index is 2.30. The zero-order valence-corrected chi connectivity index (χ0v) is 12.4. The van der Waals surface area contributed by atoms with E-state index in [0.29, 0.717) is 12.1 Å². The molecule has 0 bridgehead atoms. The number of rotatable bonds is 2. The van der Waals surface area contributed by atoms with E-state index in [9.17, 15) is 8.42 Å². The van der Waals surface area contributed by atoms with Gasteiger partial charge in [-0.1, -0.05) is 37.6 Å². The molecule has 0 aliphatic heterocycles. The fourth-order valence-corrected chi connectivity index (χ4v) is 2.98. The van der Waals surface area contributed by atoms with Crippen molar-refractivity contribution in [2.45, 2.75) is 38.5 Å². The molecule has 102 valence electrons. The Hall–Kier alpha value is -1.42. The molecule has 0 radical (unpaired) electrons. The highest BCUT2D eigenvalue weighted by Crippen LogP contribution is 2.29. The second kappa shape index (κ2) is 4.93. The Kier molecular flexibility index (Phi) is 3.63. The van der Waals surface area contributed by atoms with Gasteiger partial charge in [0.15, 0.2) is 0 Å². The molecule has 19 heavy (non-hydrogen) atoms. The smallest absolute Gasteiger partial charge is 0.199 e. The normalized spacial score (nSPS) is 20.7. The van der Waals surface area contributed by atoms with Gasteiger partial charge in [-0.05, 0) is 43.4 Å². The zero-order chi connectivity index (χ0) is 14.1. The molecule has 1 aliphatic carbocycles. The van der Waals surface area contributed by atoms with Crippen LogP contribution >= 0.6 is 0 Å². The Morgan fingerprint density at radius 3 is 2.32 bits per heavy atom. The number of allylic oxidation sites excluding steroid dienone is 2. The van der Waals surface area contributed by atoms with E-state index in [2.05, 4.69) is 18.2 Å². The Morgan fingerprint density at radius 2 is 1.79 bits per heavy atom. The number of nitrogens with zero attached hydrogens (tertiary/aromatic N) is 1. The summed E-state index contributed by atoms with van der Waals surface area (Å²) in [5.74, 6) is 0. The second-order valence-corrected chi connectivity index (χ2v) is 7.30. The molecule has 1 aliphatic rings. The third-order valence-electron chi connectivity index (χ3n) is 3.31. The molecule has 0 saturated carbocycles. The van der Waals surface area contributed by atoms with Gasteiger partial charge in [0, 0.05) is 0 Å². The maximum atomic E-state index is 12.2. The van der Waals surface area contributed by atoms with Crippen molar-refractivity contribution in [3.63, 3.8) is 0 Å². The van der Waals surface area contributed by atoms with Gasteiger partial charge in [0.2, 0.25) is 0 Å². The van der Waals surface area contributed by atoms with Gasteiger partial charge in [0.1, 0.15) is 0 Å². The van der Waals surface area contributed by atoms with Crippen molar-refractivity contribution in [1.82, 2.24) is 0 Å². The lowest BCUT2D eigenvalue weighted by molar-refractivity contribution is 0.442. The molecule has 0 atom stereocenters. The highest BCUT2D eigenvalue weighted by molar-refractivity contribution is 7.90. The van der Waals surface area contributed by atoms with Gasteiger partial charge in [-0.3, -0.25) is 0 Å². The largest absolute Gasteiger partial charge is 0.282 e. The number of benzene rings is 1. The summed E-state index contributed by atoms with van der Waals surface area (Å²) in [7, 11) is -3.58. The topological polar surface area (TPSA) is 46.5 Å². The SMILES string of the molecule is Cc1ccc(S(=O)(=O)/N=C2/C=CC(C)(C)CC2)cc1. The molecule has 2 rings (SSSR count). The molecule has 0 fully saturated rings. The fraction of sp³-hybridized carbons (Fsp3) is 0.400. The molecule has 0 saturated heterocycles. The van der Waals surface area contributed by atoms with E-state index in [4.69, 9.17) is 0 Å². The minimum Gasteiger partial charge on any atom is -0.199 e. The van der Waals surface area contributed by atoms with Crippen LogP contribution in [0.3, 0.4) is 0 Å². The minimum atomic E-state index is -3.58. The van der Waals surface area contributed by atoms with Gasteiger partial charge in [-0.15, -0.1) is 0 Å². The summed E-state index contributed by atoms with van der Waals surface area (Å²) in [4.78, 5) is 0.254. The van der Waals surface area contributed by atoms with Crippen molar-refractivity contribution in [3.05, 3.63) is 42.0 Å². The summed E-state index contributed by atoms with van der Waals surface area (Å²) in [6.07, 6.45) is 5.48. The zero-order valence-electron chi connectivity index (χ0n) is 11.6. The second-order valence-electron chi connectivity index (χ2n) is 5.69. The van der Waals surface area contributed by atoms with E-state index in [-0.39, 0.29) is 10.3 Å². The van der Waals surface area contributed by atoms with Crippen LogP contribution < -0.4 is 0 Å². The average Bonchev–Trinajstić information content (AvgIpc) is 2.32. The molecule has 1 aromatic carbocycles. The van der Waals surface area contributed by atoms with E-state index < -0.39 is 10.0 Å². The Morgan fingerprint density at radius 1 is 1.16 bits per heavy atom. The monoisotopic (exact) mass is 277 g/mol. The van der Waals surface area contributed by atoms with Crippen LogP contribution in [-0.2, 0) is 10.0 Å². The molecule has 0 N–H and O–H groups in total. The molecule has 3 nitrogen and oxygen atoms in total. The van der Waals surface area contributed by atoms with Gasteiger partial charge in [0.25, 0.3) is 10.0 Å². The van der Waals surface area contributed by atoms with Gasteiger partial charge in [-0.25, -0.2) is 0 Å². The summed E-state index contributed by atoms with van der Waals surface area (Å²) in [6, 6.07) is 6.77. The first-order valence-corrected chi connectivity index (χ1v) is 7.82. The predicted molar refractivity (Wildman–Crippen MR) is 78.0 cm³/mol. The van der Waals surface area contributed by atoms with Crippen LogP contribution in [-0.4, -0.2) is 14.1 Å². The molecular weight excluding hydrogens is 258 g/mol. The predicted octanol–water partition coefficient (Wildman–Crippen LogP) is 3.50. The first kappa shape index (κ1) is 14.0. The molecule has 0 amide bonds. The fourth-order valence-electron chi connectivity index (χ4n) is 1.93. The number of aryl methyl sites for hydroxylation is 1. The molecular formula is C15H19NO2S. The molecule has 0 aromatic heterocycles. The van der Waals surface area contributed by atoms with Crippen molar-refractivity contribution in [2.24, 2.45) is 9.81 Å². The quantitative estimate of drug-likeness (QED) is 0.830. The summed E-state index contributed by atoms with van der Waals surface area (Å²) in [5, 5.41) is 0. The van der Waals surface area contributed by atoms with Gasteiger partial charge < -0.3 is 0 Å². The molecule has 1 aromatic rings. The van der Waals surface area contributed by atoms with Crippen molar-refractivity contribution in [1.29, 1.82) is 0 Å². The van der Waals surface area contributed by atoms with Crippen LogP contribution in [0.5, 0.6) is 0 Å². The number of hydrogen-bond donors (Lipinski definition) is 0. The molecule has 0 spiro atoms. The minimum absolute atomic E-state index is 0.132. The van der Waals surface area contributed by atoms with Gasteiger partial charge in [0.05, 0.1) is 10.6 Å². The molecule has 0 unspecified atom stereocenters. The van der Waals surface area contributed by atoms with Crippen LogP contribution in [0.1, 0.15) is 32.3 Å². The highest BCUT2D eigenvalue weighted by Gasteiger charge is 2.21. The third-order valence-corrected chi connectivity index (χ3v) is 4.65. The summed E-state index contributed by atoms with van der Waals surface area (Å²) >= 11 is 0. The maximum absolute atomic E-state index is 12.2. The van der Waals surface area contributed by atoms with Crippen LogP contribution in [0, 0.1) is 12.3 Å². The van der Waals surface area contributed by atoms with Crippen molar-refractivity contribution in [3.8, 4) is 0 Å². The highest BCUT2D eigenvalue weighted by atomic mass is 32.2. The van der Waals surface area contributed by atoms with E-state index in [1.807, 2.05) is 19.1 Å². The van der Waals surface area contributed by atoms with Crippen LogP contribution in [0.2, 0.25) is 0 Å². The van der Waals surface area contributed by atoms with E-state index in [1.54, 1.807) is 24.3 Å². The standard InChI is InChI=1S/C15H19NO2S/c1-12-4-6-14(7-5-12)19(17,18)16-13-8-10-15(2,3)11-9-13/h4-8,10H,9,11H2,1-3H3/b16-13-. The molecule has 0 heterocycles. The van der Waals surface area contributed by atoms with Crippen molar-refractivity contribution < 1.29 is 8.42 Å². The summed E-state index contributed by atoms with van der Waals surface area (Å²) in [6.45, 7) is 6.19. The lowest BCUT2D eigenvalue weighted by Gasteiger charge is -2.23. The van der Waals surface area contributed by atoms with Crippen molar-refractivity contribution in [2.75, 3.05) is 0 Å². The Labute approximate surface area is 115 Å². The first-order valence-electron chi connectivity index (χ1n) is 6.38. The van der Waals surface area contributed by atoms with Gasteiger partial charge in [-0.2, -0.15) is 12.8 Å². The van der Waals surface area contributed by atoms with Gasteiger partial charge >= 0.3 is 0 Å². The van der Waals surface area contributed by atoms with Crippen LogP contribution in [0.4, 0.5) is 0 Å². The lowest BCUT2D eigenvalue weighted by Crippen LogP contribution is -2.16. The number of sulfonamides is 1. The first-order chi connectivity index (χ1) is 8.78. The van der Waals surface area contributed by atoms with Crippen molar-refractivity contribution >= 4 is 15.7 Å². The third kappa shape index (κ3) is 3.53. The Bertz CT molecular complexity index is 623. The van der Waals surface area contributed by atoms with Crippen LogP contribution in [0.15, 0.2) is 45.7 Å². The van der Waals surface area contributed by atoms with Crippen LogP contribution in [0.25, 0.3) is 0 Å². The lowest BCUT2D eigenvalue weighted by atomic mass is 9.82. The summed E-state index contributed by atoms with van der Waals surface area (Å²) in [5.41, 5.74) is 1.80. The summed E-state index contributed by atoms with van der Waals surface area (Å²) < 4.78 is 28.2. The van der Waals surface area contributed by atoms with E-state index >= 15 is 0 Å². The van der Waals surface area contributed by atoms with E-state index in [1.165, 1.54) is 0 Å². The number of hydrogen-bond acceptors (Lipinski definition) is 2.